The molecule has 37 heavy (non-hydrogen) atoms. The van der Waals surface area contributed by atoms with E-state index in [9.17, 15) is 0 Å². The summed E-state index contributed by atoms with van der Waals surface area (Å²) in [5.74, 6) is 0. The Morgan fingerprint density at radius 1 is 0.649 bits per heavy atom. The molecule has 0 heterocycles. The van der Waals surface area contributed by atoms with Crippen molar-refractivity contribution < 1.29 is 0 Å². The molecule has 5 heteroatoms. The third-order valence-electron chi connectivity index (χ3n) is 6.45. The topological polar surface area (TPSA) is 84.3 Å². The molecule has 0 unspecified atom stereocenters. The Kier molecular flexibility index (Phi) is 15.9. The largest absolute Gasteiger partial charge is 0.385 e. The van der Waals surface area contributed by atoms with E-state index < -0.39 is 0 Å². The van der Waals surface area contributed by atoms with E-state index in [4.69, 9.17) is 10.5 Å². The predicted molar refractivity (Wildman–Crippen MR) is 155 cm³/mol. The highest BCUT2D eigenvalue weighted by Gasteiger charge is 1.98. The molecular formula is C32H43N5. The summed E-state index contributed by atoms with van der Waals surface area (Å²) in [7, 11) is 0. The quantitative estimate of drug-likeness (QED) is 0.119. The number of rotatable bonds is 19. The summed E-state index contributed by atoms with van der Waals surface area (Å²) in [4.78, 5) is 0. The minimum absolute atomic E-state index is 0.0763. The second-order valence-electron chi connectivity index (χ2n) is 9.64. The van der Waals surface area contributed by atoms with Crippen molar-refractivity contribution in [2.24, 2.45) is 10.2 Å². The first-order chi connectivity index (χ1) is 18.2. The zero-order chi connectivity index (χ0) is 26.4. The first kappa shape index (κ1) is 29.8. The van der Waals surface area contributed by atoms with E-state index in [-0.39, 0.29) is 5.57 Å². The standard InChI is InChI=1S/C32H43N5/c1-2-3-4-5-6-7-8-9-10-11-12-13-14-15-24-35-30-20-22-32(23-21-30)37-36-31-18-16-28(17-19-31)25-29(26-33)27-34/h16-23,25,35H,2-15,24H2,1H3. The summed E-state index contributed by atoms with van der Waals surface area (Å²) in [5.41, 5.74) is 3.48. The second kappa shape index (κ2) is 19.7. The van der Waals surface area contributed by atoms with Gasteiger partial charge in [0.1, 0.15) is 17.7 Å². The van der Waals surface area contributed by atoms with Gasteiger partial charge in [-0.3, -0.25) is 0 Å². The van der Waals surface area contributed by atoms with Gasteiger partial charge in [-0.05, 0) is 54.5 Å². The maximum Gasteiger partial charge on any atom is 0.130 e. The van der Waals surface area contributed by atoms with Crippen molar-refractivity contribution in [3.63, 3.8) is 0 Å². The van der Waals surface area contributed by atoms with Crippen LogP contribution in [0, 0.1) is 22.7 Å². The molecule has 196 valence electrons. The normalized spacial score (nSPS) is 10.7. The fraction of sp³-hybridized carbons (Fsp3) is 0.500. The maximum absolute atomic E-state index is 8.84. The van der Waals surface area contributed by atoms with Gasteiger partial charge >= 0.3 is 0 Å². The van der Waals surface area contributed by atoms with Crippen LogP contribution < -0.4 is 5.32 Å². The average Bonchev–Trinajstić information content (AvgIpc) is 2.94. The molecule has 1 N–H and O–H groups in total. The lowest BCUT2D eigenvalue weighted by Crippen LogP contribution is -2.00. The fourth-order valence-electron chi connectivity index (χ4n) is 4.21. The number of benzene rings is 2. The molecule has 5 nitrogen and oxygen atoms in total. The van der Waals surface area contributed by atoms with Gasteiger partial charge in [0.05, 0.1) is 11.4 Å². The molecular weight excluding hydrogens is 454 g/mol. The van der Waals surface area contributed by atoms with Gasteiger partial charge in [0.15, 0.2) is 0 Å². The zero-order valence-corrected chi connectivity index (χ0v) is 22.6. The van der Waals surface area contributed by atoms with Crippen molar-refractivity contribution in [2.75, 3.05) is 11.9 Å². The molecule has 0 radical (unpaired) electrons. The van der Waals surface area contributed by atoms with Crippen LogP contribution in [0.25, 0.3) is 6.08 Å². The smallest absolute Gasteiger partial charge is 0.130 e. The highest BCUT2D eigenvalue weighted by atomic mass is 15.1. The average molecular weight is 498 g/mol. The molecule has 2 rings (SSSR count). The molecule has 0 bridgehead atoms. The molecule has 0 spiro atoms. The van der Waals surface area contributed by atoms with Crippen LogP contribution in [0.4, 0.5) is 17.1 Å². The van der Waals surface area contributed by atoms with Gasteiger partial charge in [0, 0.05) is 12.2 Å². The van der Waals surface area contributed by atoms with Crippen molar-refractivity contribution in [3.8, 4) is 12.1 Å². The van der Waals surface area contributed by atoms with Gasteiger partial charge in [-0.2, -0.15) is 20.8 Å². The van der Waals surface area contributed by atoms with Crippen LogP contribution in [0.5, 0.6) is 0 Å². The minimum Gasteiger partial charge on any atom is -0.385 e. The molecule has 0 fully saturated rings. The number of allylic oxidation sites excluding steroid dienone is 1. The second-order valence-corrected chi connectivity index (χ2v) is 9.64. The van der Waals surface area contributed by atoms with E-state index in [1.807, 2.05) is 60.7 Å². The van der Waals surface area contributed by atoms with E-state index in [1.54, 1.807) is 6.08 Å². The van der Waals surface area contributed by atoms with E-state index in [0.29, 0.717) is 5.69 Å². The van der Waals surface area contributed by atoms with Gasteiger partial charge in [0.25, 0.3) is 0 Å². The Morgan fingerprint density at radius 2 is 1.08 bits per heavy atom. The number of nitrogens with one attached hydrogen (secondary N) is 1. The summed E-state index contributed by atoms with van der Waals surface area (Å²) < 4.78 is 0. The van der Waals surface area contributed by atoms with Crippen molar-refractivity contribution >= 4 is 23.1 Å². The van der Waals surface area contributed by atoms with Crippen LogP contribution in [0.15, 0.2) is 64.3 Å². The Hall–Kier alpha value is -3.44. The molecule has 0 saturated heterocycles. The number of hydrogen-bond donors (Lipinski definition) is 1. The summed E-state index contributed by atoms with van der Waals surface area (Å²) in [6.07, 6.45) is 20.9. The molecule has 0 saturated carbocycles. The van der Waals surface area contributed by atoms with Crippen LogP contribution in [0.1, 0.15) is 102 Å². The molecule has 0 atom stereocenters. The van der Waals surface area contributed by atoms with Gasteiger partial charge in [-0.15, -0.1) is 0 Å². The van der Waals surface area contributed by atoms with Crippen molar-refractivity contribution in [2.45, 2.75) is 96.8 Å². The van der Waals surface area contributed by atoms with E-state index >= 15 is 0 Å². The summed E-state index contributed by atoms with van der Waals surface area (Å²) >= 11 is 0. The lowest BCUT2D eigenvalue weighted by molar-refractivity contribution is 0.537. The fourth-order valence-corrected chi connectivity index (χ4v) is 4.21. The Balaban J connectivity index is 1.53. The van der Waals surface area contributed by atoms with Crippen LogP contribution in [-0.2, 0) is 0 Å². The van der Waals surface area contributed by atoms with Gasteiger partial charge in [-0.1, -0.05) is 103 Å². The lowest BCUT2D eigenvalue weighted by atomic mass is 10.0. The molecule has 2 aromatic carbocycles. The van der Waals surface area contributed by atoms with Gasteiger partial charge < -0.3 is 5.32 Å². The van der Waals surface area contributed by atoms with E-state index in [1.165, 1.54) is 89.9 Å². The number of azo groups is 1. The Labute approximate surface area is 224 Å². The highest BCUT2D eigenvalue weighted by Crippen LogP contribution is 2.21. The first-order valence-electron chi connectivity index (χ1n) is 14.1. The summed E-state index contributed by atoms with van der Waals surface area (Å²) in [6.45, 7) is 3.28. The summed E-state index contributed by atoms with van der Waals surface area (Å²) in [6, 6.07) is 19.0. The molecule has 0 aliphatic heterocycles. The molecule has 0 amide bonds. The van der Waals surface area contributed by atoms with E-state index in [2.05, 4.69) is 22.5 Å². The maximum atomic E-state index is 8.84. The lowest BCUT2D eigenvalue weighted by Gasteiger charge is -2.06. The van der Waals surface area contributed by atoms with Crippen LogP contribution in [0.2, 0.25) is 0 Å². The predicted octanol–water partition coefficient (Wildman–Crippen LogP) is 10.4. The number of nitriles is 2. The summed E-state index contributed by atoms with van der Waals surface area (Å²) in [5, 5.41) is 29.7. The number of anilines is 1. The number of nitrogens with zero attached hydrogens (tertiary/aromatic N) is 4. The van der Waals surface area contributed by atoms with Gasteiger partial charge in [-0.25, -0.2) is 0 Å². The third kappa shape index (κ3) is 14.0. The SMILES string of the molecule is CCCCCCCCCCCCCCCCNc1ccc(N=Nc2ccc(C=C(C#N)C#N)cc2)cc1. The van der Waals surface area contributed by atoms with Crippen LogP contribution >= 0.6 is 0 Å². The van der Waals surface area contributed by atoms with Crippen molar-refractivity contribution in [3.05, 3.63) is 59.7 Å². The van der Waals surface area contributed by atoms with Gasteiger partial charge in [0.2, 0.25) is 0 Å². The van der Waals surface area contributed by atoms with Crippen molar-refractivity contribution in [1.82, 2.24) is 0 Å². The van der Waals surface area contributed by atoms with Crippen LogP contribution in [0.3, 0.4) is 0 Å². The first-order valence-corrected chi connectivity index (χ1v) is 14.1. The Bertz CT molecular complexity index is 991. The zero-order valence-electron chi connectivity index (χ0n) is 22.6. The number of hydrogen-bond acceptors (Lipinski definition) is 5. The third-order valence-corrected chi connectivity index (χ3v) is 6.45. The molecule has 2 aromatic rings. The molecule has 0 aliphatic carbocycles. The van der Waals surface area contributed by atoms with Crippen molar-refractivity contribution in [1.29, 1.82) is 10.5 Å². The molecule has 0 aromatic heterocycles. The van der Waals surface area contributed by atoms with E-state index in [0.717, 1.165) is 23.5 Å². The monoisotopic (exact) mass is 497 g/mol. The van der Waals surface area contributed by atoms with Crippen LogP contribution in [-0.4, -0.2) is 6.54 Å². The molecule has 0 aliphatic rings. The minimum atomic E-state index is 0.0763. The Morgan fingerprint density at radius 3 is 1.54 bits per heavy atom. The number of unbranched alkanes of at least 4 members (excludes halogenated alkanes) is 13. The highest BCUT2D eigenvalue weighted by molar-refractivity contribution is 5.63.